The van der Waals surface area contributed by atoms with E-state index in [4.69, 9.17) is 0 Å². The Hall–Kier alpha value is -4.40. The highest BCUT2D eigenvalue weighted by Crippen LogP contribution is 2.23. The van der Waals surface area contributed by atoms with E-state index in [-0.39, 0.29) is 12.0 Å². The first kappa shape index (κ1) is 25.9. The van der Waals surface area contributed by atoms with Crippen molar-refractivity contribution < 1.29 is 9.90 Å². The van der Waals surface area contributed by atoms with Crippen molar-refractivity contribution in [3.05, 3.63) is 114 Å². The van der Waals surface area contributed by atoms with E-state index in [1.807, 2.05) is 67.0 Å². The molecular formula is C32H32N6O2. The quantitative estimate of drug-likeness (QED) is 0.307. The van der Waals surface area contributed by atoms with E-state index in [0.29, 0.717) is 18.7 Å². The zero-order chi connectivity index (χ0) is 27.3. The van der Waals surface area contributed by atoms with Crippen molar-refractivity contribution in [2.45, 2.75) is 38.6 Å². The minimum absolute atomic E-state index is 0.116. The average Bonchev–Trinajstić information content (AvgIpc) is 3.46. The summed E-state index contributed by atoms with van der Waals surface area (Å²) in [6.07, 6.45) is 6.96. The van der Waals surface area contributed by atoms with Crippen LogP contribution >= 0.6 is 0 Å². The second kappa shape index (κ2) is 11.8. The van der Waals surface area contributed by atoms with Gasteiger partial charge in [0, 0.05) is 55.1 Å². The number of carbonyl (C=O) groups excluding carboxylic acids is 1. The minimum atomic E-state index is -0.189. The molecule has 1 aliphatic rings. The topological polar surface area (TPSA) is 96.2 Å². The molecule has 3 aromatic carbocycles. The predicted octanol–water partition coefficient (Wildman–Crippen LogP) is 4.43. The number of benzene rings is 3. The number of carbonyl (C=O) groups is 1. The summed E-state index contributed by atoms with van der Waals surface area (Å²) in [6.45, 7) is 3.48. The van der Waals surface area contributed by atoms with Crippen LogP contribution in [0.3, 0.4) is 0 Å². The molecule has 6 rings (SSSR count). The molecule has 1 fully saturated rings. The van der Waals surface area contributed by atoms with E-state index in [2.05, 4.69) is 43.7 Å². The van der Waals surface area contributed by atoms with Crippen molar-refractivity contribution >= 4 is 16.7 Å². The molecule has 40 heavy (non-hydrogen) atoms. The van der Waals surface area contributed by atoms with E-state index in [9.17, 15) is 9.90 Å². The number of aromatic nitrogens is 4. The van der Waals surface area contributed by atoms with Gasteiger partial charge >= 0.3 is 0 Å². The van der Waals surface area contributed by atoms with Crippen molar-refractivity contribution in [3.63, 3.8) is 0 Å². The Morgan fingerprint density at radius 3 is 2.52 bits per heavy atom. The lowest BCUT2D eigenvalue weighted by Gasteiger charge is -2.30. The van der Waals surface area contributed by atoms with Crippen molar-refractivity contribution in [2.24, 2.45) is 0 Å². The van der Waals surface area contributed by atoms with Crippen molar-refractivity contribution in [1.82, 2.24) is 30.2 Å². The van der Waals surface area contributed by atoms with Crippen LogP contribution in [0.1, 0.15) is 39.9 Å². The molecule has 0 spiro atoms. The average molecular weight is 533 g/mol. The number of piperidine rings is 1. The maximum atomic E-state index is 13.3. The molecule has 1 saturated heterocycles. The van der Waals surface area contributed by atoms with Crippen LogP contribution in [-0.2, 0) is 19.6 Å². The zero-order valence-electron chi connectivity index (χ0n) is 22.3. The van der Waals surface area contributed by atoms with Crippen LogP contribution in [0.15, 0.2) is 91.4 Å². The number of hydrogen-bond acceptors (Lipinski definition) is 6. The third-order valence-corrected chi connectivity index (χ3v) is 7.58. The number of aliphatic hydroxyl groups is 1. The van der Waals surface area contributed by atoms with Gasteiger partial charge in [-0.15, -0.1) is 5.10 Å². The molecule has 0 unspecified atom stereocenters. The molecule has 0 radical (unpaired) electrons. The Bertz CT molecular complexity index is 1620. The summed E-state index contributed by atoms with van der Waals surface area (Å²) in [4.78, 5) is 19.9. The predicted molar refractivity (Wildman–Crippen MR) is 154 cm³/mol. The number of pyridine rings is 1. The second-order valence-corrected chi connectivity index (χ2v) is 10.4. The standard InChI is InChI=1S/C32H32N6O2/c39-29-12-15-37(16-13-29)20-27-6-2-1-5-25(27)19-34-32(40)30-8-4-3-7-28(30)21-38-22-31(35-36-38)24-9-10-26-18-33-14-11-23(26)17-24/h1-11,14,17-18,22,29,39H,12-13,15-16,19-21H2,(H,34,40). The van der Waals surface area contributed by atoms with E-state index >= 15 is 0 Å². The van der Waals surface area contributed by atoms with Gasteiger partial charge in [0.15, 0.2) is 0 Å². The third-order valence-electron chi connectivity index (χ3n) is 7.58. The summed E-state index contributed by atoms with van der Waals surface area (Å²) in [5, 5.41) is 23.8. The number of amides is 1. The number of nitrogens with one attached hydrogen (secondary N) is 1. The Morgan fingerprint density at radius 2 is 1.68 bits per heavy atom. The molecule has 1 amide bonds. The fourth-order valence-electron chi connectivity index (χ4n) is 5.28. The number of hydrogen-bond donors (Lipinski definition) is 2. The molecular weight excluding hydrogens is 500 g/mol. The van der Waals surface area contributed by atoms with Gasteiger partial charge in [-0.1, -0.05) is 59.8 Å². The lowest BCUT2D eigenvalue weighted by atomic mass is 10.0. The smallest absolute Gasteiger partial charge is 0.251 e. The second-order valence-electron chi connectivity index (χ2n) is 10.4. The molecule has 2 aromatic heterocycles. The van der Waals surface area contributed by atoms with Crippen LogP contribution in [0.2, 0.25) is 0 Å². The third kappa shape index (κ3) is 5.93. The van der Waals surface area contributed by atoms with Gasteiger partial charge in [-0.2, -0.15) is 0 Å². The maximum absolute atomic E-state index is 13.3. The number of aliphatic hydroxyl groups excluding tert-OH is 1. The van der Waals surface area contributed by atoms with E-state index in [1.54, 1.807) is 10.9 Å². The van der Waals surface area contributed by atoms with Gasteiger partial charge in [0.05, 0.1) is 18.8 Å². The van der Waals surface area contributed by atoms with Crippen LogP contribution in [-0.4, -0.2) is 55.1 Å². The van der Waals surface area contributed by atoms with Gasteiger partial charge in [-0.3, -0.25) is 14.7 Å². The van der Waals surface area contributed by atoms with Gasteiger partial charge in [0.2, 0.25) is 0 Å². The zero-order valence-corrected chi connectivity index (χ0v) is 22.3. The monoisotopic (exact) mass is 532 g/mol. The fourth-order valence-corrected chi connectivity index (χ4v) is 5.28. The van der Waals surface area contributed by atoms with Gasteiger partial charge in [0.1, 0.15) is 5.69 Å². The first-order valence-corrected chi connectivity index (χ1v) is 13.7. The summed E-state index contributed by atoms with van der Waals surface area (Å²) in [5.74, 6) is -0.116. The minimum Gasteiger partial charge on any atom is -0.393 e. The molecule has 8 heteroatoms. The lowest BCUT2D eigenvalue weighted by molar-refractivity contribution is 0.0790. The molecule has 3 heterocycles. The number of fused-ring (bicyclic) bond motifs is 1. The summed E-state index contributed by atoms with van der Waals surface area (Å²) in [5.41, 5.74) is 5.57. The molecule has 8 nitrogen and oxygen atoms in total. The highest BCUT2D eigenvalue weighted by molar-refractivity contribution is 5.95. The molecule has 5 aromatic rings. The number of nitrogens with zero attached hydrogens (tertiary/aromatic N) is 5. The summed E-state index contributed by atoms with van der Waals surface area (Å²) in [7, 11) is 0. The number of rotatable bonds is 8. The van der Waals surface area contributed by atoms with E-state index < -0.39 is 0 Å². The molecule has 0 bridgehead atoms. The molecule has 1 aliphatic heterocycles. The van der Waals surface area contributed by atoms with Gasteiger partial charge < -0.3 is 10.4 Å². The van der Waals surface area contributed by atoms with Crippen LogP contribution in [0.4, 0.5) is 0 Å². The van der Waals surface area contributed by atoms with Crippen LogP contribution in [0.5, 0.6) is 0 Å². The molecule has 0 saturated carbocycles. The Kier molecular flexibility index (Phi) is 7.61. The molecule has 0 aliphatic carbocycles. The first-order valence-electron chi connectivity index (χ1n) is 13.7. The number of likely N-dealkylation sites (tertiary alicyclic amines) is 1. The first-order chi connectivity index (χ1) is 19.6. The van der Waals surface area contributed by atoms with Gasteiger partial charge in [0.25, 0.3) is 5.91 Å². The fraction of sp³-hybridized carbons (Fsp3) is 0.250. The Morgan fingerprint density at radius 1 is 0.900 bits per heavy atom. The normalized spacial score (nSPS) is 14.4. The summed E-state index contributed by atoms with van der Waals surface area (Å²) in [6, 6.07) is 24.0. The molecule has 202 valence electrons. The van der Waals surface area contributed by atoms with Crippen LogP contribution in [0.25, 0.3) is 22.0 Å². The van der Waals surface area contributed by atoms with Crippen LogP contribution in [0, 0.1) is 0 Å². The lowest BCUT2D eigenvalue weighted by Crippen LogP contribution is -2.35. The van der Waals surface area contributed by atoms with Crippen molar-refractivity contribution in [2.75, 3.05) is 13.1 Å². The largest absolute Gasteiger partial charge is 0.393 e. The molecule has 0 atom stereocenters. The van der Waals surface area contributed by atoms with E-state index in [0.717, 1.165) is 65.6 Å². The maximum Gasteiger partial charge on any atom is 0.251 e. The molecule has 2 N–H and O–H groups in total. The van der Waals surface area contributed by atoms with Crippen molar-refractivity contribution in [3.8, 4) is 11.3 Å². The van der Waals surface area contributed by atoms with E-state index in [1.165, 1.54) is 5.56 Å². The van der Waals surface area contributed by atoms with Gasteiger partial charge in [-0.05, 0) is 53.1 Å². The Balaban J connectivity index is 1.13. The Labute approximate surface area is 233 Å². The summed E-state index contributed by atoms with van der Waals surface area (Å²) >= 11 is 0. The van der Waals surface area contributed by atoms with Gasteiger partial charge in [-0.25, -0.2) is 4.68 Å². The highest BCUT2D eigenvalue weighted by Gasteiger charge is 2.18. The van der Waals surface area contributed by atoms with Crippen molar-refractivity contribution in [1.29, 1.82) is 0 Å². The van der Waals surface area contributed by atoms with Crippen LogP contribution < -0.4 is 5.32 Å². The summed E-state index contributed by atoms with van der Waals surface area (Å²) < 4.78 is 1.77. The highest BCUT2D eigenvalue weighted by atomic mass is 16.3. The SMILES string of the molecule is O=C(NCc1ccccc1CN1CCC(O)CC1)c1ccccc1Cn1cc(-c2ccc3cnccc3c2)nn1.